The summed E-state index contributed by atoms with van der Waals surface area (Å²) in [6.07, 6.45) is 3.89. The van der Waals surface area contributed by atoms with Crippen LogP contribution in [0.25, 0.3) is 17.3 Å². The molecule has 0 bridgehead atoms. The molecule has 4 aromatic rings. The van der Waals surface area contributed by atoms with Crippen molar-refractivity contribution < 1.29 is 4.79 Å². The standard InChI is InChI=1S/C27H22N4OS/c1-19-12-14-23(15-13-19)28-27-29-26(32)24(33-27)16-22-18-31(17-20-8-4-2-5-9-20)30-25(22)21-10-6-3-7-11-21/h2-16,18H,17H2,1H3,(H,28,29,32). The first-order valence-corrected chi connectivity index (χ1v) is 11.5. The van der Waals surface area contributed by atoms with Crippen molar-refractivity contribution in [3.63, 3.8) is 0 Å². The third kappa shape index (κ3) is 4.96. The Kier molecular flexibility index (Phi) is 5.91. The molecule has 1 aromatic heterocycles. The Morgan fingerprint density at radius 2 is 1.67 bits per heavy atom. The molecule has 5 nitrogen and oxygen atoms in total. The van der Waals surface area contributed by atoms with E-state index in [9.17, 15) is 4.79 Å². The third-order valence-electron chi connectivity index (χ3n) is 5.23. The molecule has 1 fully saturated rings. The highest BCUT2D eigenvalue weighted by Gasteiger charge is 2.25. The molecular formula is C27H22N4OS. The highest BCUT2D eigenvalue weighted by Crippen LogP contribution is 2.31. The predicted molar refractivity (Wildman–Crippen MR) is 135 cm³/mol. The minimum absolute atomic E-state index is 0.152. The second kappa shape index (κ2) is 9.30. The summed E-state index contributed by atoms with van der Waals surface area (Å²) in [6.45, 7) is 2.69. The summed E-state index contributed by atoms with van der Waals surface area (Å²) in [5.41, 5.74) is 5.89. The summed E-state index contributed by atoms with van der Waals surface area (Å²) in [5.74, 6) is -0.152. The van der Waals surface area contributed by atoms with Crippen LogP contribution in [0.5, 0.6) is 0 Å². The predicted octanol–water partition coefficient (Wildman–Crippen LogP) is 5.80. The Morgan fingerprint density at radius 3 is 2.39 bits per heavy atom. The van der Waals surface area contributed by atoms with Gasteiger partial charge in [0.2, 0.25) is 0 Å². The number of benzene rings is 3. The first-order chi connectivity index (χ1) is 16.1. The molecule has 0 saturated carbocycles. The van der Waals surface area contributed by atoms with Gasteiger partial charge in [-0.05, 0) is 42.5 Å². The molecule has 1 amide bonds. The van der Waals surface area contributed by atoms with Gasteiger partial charge in [-0.2, -0.15) is 5.10 Å². The van der Waals surface area contributed by atoms with Crippen molar-refractivity contribution in [2.75, 3.05) is 0 Å². The van der Waals surface area contributed by atoms with Crippen molar-refractivity contribution in [3.05, 3.63) is 113 Å². The van der Waals surface area contributed by atoms with Crippen LogP contribution in [0.15, 0.2) is 101 Å². The molecule has 0 atom stereocenters. The van der Waals surface area contributed by atoms with Gasteiger partial charge >= 0.3 is 0 Å². The Labute approximate surface area is 196 Å². The summed E-state index contributed by atoms with van der Waals surface area (Å²) in [7, 11) is 0. The molecule has 6 heteroatoms. The van der Waals surface area contributed by atoms with E-state index in [1.165, 1.54) is 22.9 Å². The molecule has 162 valence electrons. The van der Waals surface area contributed by atoms with Crippen LogP contribution in [-0.2, 0) is 11.3 Å². The lowest BCUT2D eigenvalue weighted by atomic mass is 10.1. The fourth-order valence-electron chi connectivity index (χ4n) is 3.57. The monoisotopic (exact) mass is 450 g/mol. The van der Waals surface area contributed by atoms with Crippen LogP contribution in [0.1, 0.15) is 16.7 Å². The Balaban J connectivity index is 1.47. The molecule has 1 aliphatic rings. The molecular weight excluding hydrogens is 428 g/mol. The smallest absolute Gasteiger partial charge is 0.264 e. The highest BCUT2D eigenvalue weighted by molar-refractivity contribution is 8.18. The van der Waals surface area contributed by atoms with Crippen LogP contribution >= 0.6 is 11.8 Å². The van der Waals surface area contributed by atoms with Crippen LogP contribution in [0.3, 0.4) is 0 Å². The van der Waals surface area contributed by atoms with E-state index in [4.69, 9.17) is 5.10 Å². The van der Waals surface area contributed by atoms with E-state index in [0.717, 1.165) is 22.5 Å². The molecule has 1 saturated heterocycles. The fraction of sp³-hybridized carbons (Fsp3) is 0.0741. The summed E-state index contributed by atoms with van der Waals surface area (Å²) in [4.78, 5) is 17.8. The van der Waals surface area contributed by atoms with Crippen LogP contribution in [0.2, 0.25) is 0 Å². The second-order valence-electron chi connectivity index (χ2n) is 7.80. The fourth-order valence-corrected chi connectivity index (χ4v) is 4.41. The van der Waals surface area contributed by atoms with Gasteiger partial charge in [-0.25, -0.2) is 4.99 Å². The van der Waals surface area contributed by atoms with Crippen molar-refractivity contribution in [2.45, 2.75) is 13.5 Å². The van der Waals surface area contributed by atoms with Gasteiger partial charge in [0.15, 0.2) is 5.17 Å². The number of nitrogens with zero attached hydrogens (tertiary/aromatic N) is 3. The number of hydrogen-bond acceptors (Lipinski definition) is 4. The van der Waals surface area contributed by atoms with Crippen molar-refractivity contribution in [1.29, 1.82) is 0 Å². The molecule has 0 aliphatic carbocycles. The summed E-state index contributed by atoms with van der Waals surface area (Å²) in [6, 6.07) is 28.1. The van der Waals surface area contributed by atoms with Gasteiger partial charge in [-0.15, -0.1) is 0 Å². The zero-order valence-corrected chi connectivity index (χ0v) is 18.9. The number of aryl methyl sites for hydroxylation is 1. The number of carbonyl (C=O) groups is 1. The molecule has 33 heavy (non-hydrogen) atoms. The first kappa shape index (κ1) is 21.0. The molecule has 0 spiro atoms. The van der Waals surface area contributed by atoms with Gasteiger partial charge in [0, 0.05) is 17.3 Å². The number of nitrogens with one attached hydrogen (secondary N) is 1. The topological polar surface area (TPSA) is 59.3 Å². The van der Waals surface area contributed by atoms with E-state index in [2.05, 4.69) is 22.4 Å². The van der Waals surface area contributed by atoms with Crippen molar-refractivity contribution in [2.24, 2.45) is 4.99 Å². The van der Waals surface area contributed by atoms with Gasteiger partial charge in [-0.1, -0.05) is 78.4 Å². The molecule has 3 aromatic carbocycles. The maximum atomic E-state index is 12.7. The Morgan fingerprint density at radius 1 is 0.970 bits per heavy atom. The van der Waals surface area contributed by atoms with E-state index >= 15 is 0 Å². The average Bonchev–Trinajstić information content (AvgIpc) is 3.39. The number of hydrogen-bond donors (Lipinski definition) is 1. The zero-order valence-electron chi connectivity index (χ0n) is 18.1. The quantitative estimate of drug-likeness (QED) is 0.391. The van der Waals surface area contributed by atoms with Crippen LogP contribution < -0.4 is 5.32 Å². The van der Waals surface area contributed by atoms with Crippen LogP contribution in [-0.4, -0.2) is 20.9 Å². The molecule has 1 N–H and O–H groups in total. The first-order valence-electron chi connectivity index (χ1n) is 10.7. The number of amides is 1. The number of aliphatic imine (C=N–C) groups is 1. The van der Waals surface area contributed by atoms with Crippen LogP contribution in [0.4, 0.5) is 5.69 Å². The average molecular weight is 451 g/mol. The minimum Gasteiger partial charge on any atom is -0.300 e. The number of rotatable bonds is 5. The van der Waals surface area contributed by atoms with E-state index < -0.39 is 0 Å². The van der Waals surface area contributed by atoms with E-state index in [1.807, 2.05) is 96.7 Å². The maximum absolute atomic E-state index is 12.7. The third-order valence-corrected chi connectivity index (χ3v) is 6.14. The van der Waals surface area contributed by atoms with Gasteiger partial charge in [-0.3, -0.25) is 9.48 Å². The maximum Gasteiger partial charge on any atom is 0.264 e. The van der Waals surface area contributed by atoms with Crippen LogP contribution in [0, 0.1) is 6.92 Å². The number of amidine groups is 1. The summed E-state index contributed by atoms with van der Waals surface area (Å²) >= 11 is 1.34. The Hall–Kier alpha value is -3.90. The van der Waals surface area contributed by atoms with Gasteiger partial charge in [0.1, 0.15) is 0 Å². The molecule has 5 rings (SSSR count). The molecule has 0 radical (unpaired) electrons. The van der Waals surface area contributed by atoms with Gasteiger partial charge < -0.3 is 5.32 Å². The molecule has 1 aliphatic heterocycles. The highest BCUT2D eigenvalue weighted by atomic mass is 32.2. The lowest BCUT2D eigenvalue weighted by Crippen LogP contribution is -2.19. The van der Waals surface area contributed by atoms with Crippen molar-refractivity contribution in [3.8, 4) is 11.3 Å². The molecule has 2 heterocycles. The number of carbonyl (C=O) groups excluding carboxylic acids is 1. The summed E-state index contributed by atoms with van der Waals surface area (Å²) in [5, 5.41) is 8.29. The van der Waals surface area contributed by atoms with Gasteiger partial charge in [0.25, 0.3) is 5.91 Å². The molecule has 0 unspecified atom stereocenters. The van der Waals surface area contributed by atoms with E-state index in [1.54, 1.807) is 0 Å². The van der Waals surface area contributed by atoms with Gasteiger partial charge in [0.05, 0.1) is 22.8 Å². The normalized spacial score (nSPS) is 15.8. The summed E-state index contributed by atoms with van der Waals surface area (Å²) < 4.78 is 1.92. The largest absolute Gasteiger partial charge is 0.300 e. The minimum atomic E-state index is -0.152. The lowest BCUT2D eigenvalue weighted by molar-refractivity contribution is -0.115. The van der Waals surface area contributed by atoms with E-state index in [-0.39, 0.29) is 5.91 Å². The zero-order chi connectivity index (χ0) is 22.6. The van der Waals surface area contributed by atoms with E-state index in [0.29, 0.717) is 16.6 Å². The number of thioether (sulfide) groups is 1. The van der Waals surface area contributed by atoms with Crippen molar-refractivity contribution in [1.82, 2.24) is 15.1 Å². The Bertz CT molecular complexity index is 1340. The van der Waals surface area contributed by atoms with Crippen molar-refractivity contribution >= 4 is 34.6 Å². The SMILES string of the molecule is Cc1ccc(N=C2NC(=O)C(=Cc3cn(Cc4ccccc4)nc3-c3ccccc3)S2)cc1. The second-order valence-corrected chi connectivity index (χ2v) is 8.83. The lowest BCUT2D eigenvalue weighted by Gasteiger charge is -2.01. The number of aromatic nitrogens is 2.